The predicted molar refractivity (Wildman–Crippen MR) is 39.3 cm³/mol. The molecule has 0 saturated carbocycles. The summed E-state index contributed by atoms with van der Waals surface area (Å²) >= 11 is 0.815. The second kappa shape index (κ2) is 15.6. The van der Waals surface area contributed by atoms with Gasteiger partial charge in [0.2, 0.25) is 0 Å². The Morgan fingerprint density at radius 2 is 1.75 bits per heavy atom. The first kappa shape index (κ1) is 11.5. The third kappa shape index (κ3) is 29.7. The molecule has 0 spiro atoms. The van der Waals surface area contributed by atoms with Crippen LogP contribution in [0.25, 0.3) is 0 Å². The van der Waals surface area contributed by atoms with E-state index in [0.29, 0.717) is 0 Å². The zero-order valence-corrected chi connectivity index (χ0v) is 7.73. The lowest BCUT2D eigenvalue weighted by Gasteiger charge is -1.74. The van der Waals surface area contributed by atoms with Crippen LogP contribution in [-0.4, -0.2) is 20.1 Å². The Morgan fingerprint density at radius 3 is 1.75 bits per heavy atom. The average molecular weight is 151 g/mol. The topological polar surface area (TPSA) is 37.3 Å². The van der Waals surface area contributed by atoms with E-state index in [2.05, 4.69) is 13.8 Å². The van der Waals surface area contributed by atoms with Crippen LogP contribution in [0.15, 0.2) is 0 Å². The molecule has 4 heteroatoms. The van der Waals surface area contributed by atoms with E-state index in [1.807, 2.05) is 0 Å². The number of rotatable bonds is 2. The molecule has 2 nitrogen and oxygen atoms in total. The van der Waals surface area contributed by atoms with Crippen LogP contribution in [0.2, 0.25) is 10.6 Å². The highest BCUT2D eigenvalue weighted by Crippen LogP contribution is 1.77. The second-order valence-corrected chi connectivity index (χ2v) is 3.63. The summed E-state index contributed by atoms with van der Waals surface area (Å²) in [4.78, 5) is 7.10. The van der Waals surface area contributed by atoms with E-state index in [-0.39, 0.29) is 0 Å². The molecular weight excluding hydrogens is 138 g/mol. The molecule has 0 rings (SSSR count). The van der Waals surface area contributed by atoms with Gasteiger partial charge in [0.05, 0.1) is 0 Å². The lowest BCUT2D eigenvalue weighted by atomic mass is 10.9. The van der Waals surface area contributed by atoms with E-state index in [4.69, 9.17) is 9.46 Å². The van der Waals surface area contributed by atoms with E-state index < -0.39 is 8.69 Å². The molecule has 1 radical (unpaired) electrons. The van der Waals surface area contributed by atoms with Crippen LogP contribution in [0.1, 0.15) is 13.8 Å². The first-order chi connectivity index (χ1) is 3.83. The fraction of sp³-hybridized carbons (Fsp3) is 1.00. The van der Waals surface area contributed by atoms with Crippen molar-refractivity contribution in [3.8, 4) is 0 Å². The molecule has 0 aromatic carbocycles. The van der Waals surface area contributed by atoms with E-state index in [9.17, 15) is 0 Å². The van der Waals surface area contributed by atoms with E-state index in [0.717, 1.165) is 15.2 Å². The third-order valence-electron chi connectivity index (χ3n) is 0.577. The Kier molecular flexibility index (Phi) is 22.5. The minimum Gasteiger partial charge on any atom is -0.348 e. The predicted octanol–water partition coefficient (Wildman–Crippen LogP) is 1.22. The molecule has 1 N–H and O–H groups in total. The monoisotopic (exact) mass is 151 g/mol. The zero-order valence-electron chi connectivity index (χ0n) is 5.42. The van der Waals surface area contributed by atoms with Crippen LogP contribution in [0.3, 0.4) is 0 Å². The van der Waals surface area contributed by atoms with Crippen LogP contribution >= 0.6 is 8.69 Å². The van der Waals surface area contributed by atoms with Gasteiger partial charge in [0.1, 0.15) is 0 Å². The summed E-state index contributed by atoms with van der Waals surface area (Å²) in [5, 5.41) is 2.85. The van der Waals surface area contributed by atoms with Crippen molar-refractivity contribution in [2.24, 2.45) is 0 Å². The lowest BCUT2D eigenvalue weighted by Crippen LogP contribution is -1.76. The first-order valence-electron chi connectivity index (χ1n) is 2.72. The lowest BCUT2D eigenvalue weighted by molar-refractivity contribution is 0.524. The molecule has 0 amide bonds. The fourth-order valence-corrected chi connectivity index (χ4v) is 0.866. The molecular formula is C4H13AlO2P. The molecule has 0 aliphatic heterocycles. The summed E-state index contributed by atoms with van der Waals surface area (Å²) < 4.78 is 8.57. The molecule has 0 aliphatic carbocycles. The molecule has 0 aromatic rings. The van der Waals surface area contributed by atoms with Gasteiger partial charge in [0.25, 0.3) is 0 Å². The molecule has 0 bridgehead atoms. The second-order valence-electron chi connectivity index (χ2n) is 1.21. The largest absolute Gasteiger partial charge is 0.348 e. The molecule has 49 valence electrons. The summed E-state index contributed by atoms with van der Waals surface area (Å²) in [7, 11) is -1.50. The van der Waals surface area contributed by atoms with E-state index in [1.54, 1.807) is 0 Å². The quantitative estimate of drug-likeness (QED) is 0.475. The Labute approximate surface area is 58.3 Å². The number of hydrogen-bond donors (Lipinski definition) is 1. The van der Waals surface area contributed by atoms with Gasteiger partial charge in [-0.1, -0.05) is 13.8 Å². The highest BCUT2D eigenvalue weighted by molar-refractivity contribution is 7.16. The Hall–Kier alpha value is 0.722. The first-order valence-corrected chi connectivity index (χ1v) is 5.35. The van der Waals surface area contributed by atoms with Crippen LogP contribution in [0, 0.1) is 0 Å². The smallest absolute Gasteiger partial charge is 0.198 e. The van der Waals surface area contributed by atoms with E-state index in [1.165, 1.54) is 10.6 Å². The highest BCUT2D eigenvalue weighted by Gasteiger charge is 1.74. The van der Waals surface area contributed by atoms with Crippen LogP contribution in [0.4, 0.5) is 0 Å². The van der Waals surface area contributed by atoms with Gasteiger partial charge in [0, 0.05) is 0 Å². The van der Waals surface area contributed by atoms with Crippen molar-refractivity contribution in [1.29, 1.82) is 0 Å². The van der Waals surface area contributed by atoms with Crippen molar-refractivity contribution in [3.05, 3.63) is 0 Å². The van der Waals surface area contributed by atoms with Crippen molar-refractivity contribution >= 4 is 23.9 Å². The van der Waals surface area contributed by atoms with Gasteiger partial charge in [-0.2, -0.15) is 0 Å². The van der Waals surface area contributed by atoms with Crippen molar-refractivity contribution < 1.29 is 9.46 Å². The SMILES string of the molecule is C[CH2][Al][CH2]C.O=[PH2]O. The van der Waals surface area contributed by atoms with Crippen molar-refractivity contribution in [2.45, 2.75) is 24.4 Å². The maximum Gasteiger partial charge on any atom is 0.198 e. The summed E-state index contributed by atoms with van der Waals surface area (Å²) in [6, 6.07) is 0. The molecule has 0 aliphatic rings. The van der Waals surface area contributed by atoms with Gasteiger partial charge in [0.15, 0.2) is 23.9 Å². The third-order valence-corrected chi connectivity index (χ3v) is 1.73. The average Bonchev–Trinajstić information content (AvgIpc) is 1.71. The summed E-state index contributed by atoms with van der Waals surface area (Å²) in [6.45, 7) is 4.50. The fourth-order valence-electron chi connectivity index (χ4n) is 0.289. The van der Waals surface area contributed by atoms with Gasteiger partial charge in [-0.05, 0) is 0 Å². The van der Waals surface area contributed by atoms with Crippen LogP contribution < -0.4 is 0 Å². The van der Waals surface area contributed by atoms with Gasteiger partial charge < -0.3 is 4.89 Å². The Morgan fingerprint density at radius 1 is 1.50 bits per heavy atom. The van der Waals surface area contributed by atoms with Gasteiger partial charge in [-0.3, -0.25) is 4.57 Å². The van der Waals surface area contributed by atoms with Crippen molar-refractivity contribution in [3.63, 3.8) is 0 Å². The normalized spacial score (nSPS) is 8.38. The Balaban J connectivity index is 0. The summed E-state index contributed by atoms with van der Waals surface area (Å²) in [5.41, 5.74) is 0. The minimum absolute atomic E-state index is 0.815. The van der Waals surface area contributed by atoms with Gasteiger partial charge >= 0.3 is 0 Å². The molecule has 1 atom stereocenters. The maximum atomic E-state index is 8.57. The molecule has 8 heavy (non-hydrogen) atoms. The van der Waals surface area contributed by atoms with Gasteiger partial charge in [-0.15, -0.1) is 10.6 Å². The maximum absolute atomic E-state index is 8.57. The molecule has 0 aromatic heterocycles. The summed E-state index contributed by atoms with van der Waals surface area (Å²) in [6.07, 6.45) is 0. The standard InChI is InChI=1S/2C2H5.Al.H3O2P/c2*1-2;;1-3-2/h2*1H2,2H3;;3H2,(H,1,2). The van der Waals surface area contributed by atoms with Crippen molar-refractivity contribution in [2.75, 3.05) is 0 Å². The number of hydrogen-bond acceptors (Lipinski definition) is 1. The van der Waals surface area contributed by atoms with Gasteiger partial charge in [-0.25, -0.2) is 0 Å². The summed E-state index contributed by atoms with van der Waals surface area (Å²) in [5.74, 6) is 0. The molecule has 0 fully saturated rings. The minimum atomic E-state index is -1.50. The van der Waals surface area contributed by atoms with Crippen LogP contribution in [-0.2, 0) is 4.57 Å². The molecule has 1 unspecified atom stereocenters. The van der Waals surface area contributed by atoms with Crippen molar-refractivity contribution in [1.82, 2.24) is 0 Å². The van der Waals surface area contributed by atoms with E-state index >= 15 is 0 Å². The molecule has 0 saturated heterocycles. The highest BCUT2D eigenvalue weighted by atomic mass is 31.1. The van der Waals surface area contributed by atoms with Crippen LogP contribution in [0.5, 0.6) is 0 Å². The zero-order chi connectivity index (χ0) is 6.83. The Bertz CT molecular complexity index is 41.0. The molecule has 0 heterocycles.